The summed E-state index contributed by atoms with van der Waals surface area (Å²) in [5, 5.41) is 5.47. The van der Waals surface area contributed by atoms with Crippen LogP contribution in [0, 0.1) is 0 Å². The quantitative estimate of drug-likeness (QED) is 0.606. The van der Waals surface area contributed by atoms with E-state index in [-0.39, 0.29) is 5.97 Å². The van der Waals surface area contributed by atoms with Crippen molar-refractivity contribution in [1.82, 2.24) is 9.78 Å². The summed E-state index contributed by atoms with van der Waals surface area (Å²) >= 11 is 12.1. The van der Waals surface area contributed by atoms with E-state index in [1.807, 2.05) is 10.7 Å². The Morgan fingerprint density at radius 2 is 2.17 bits per heavy atom. The van der Waals surface area contributed by atoms with Gasteiger partial charge in [0.25, 0.3) is 0 Å². The molecule has 0 spiro atoms. The van der Waals surface area contributed by atoms with E-state index in [0.29, 0.717) is 16.7 Å². The molecule has 1 aliphatic rings. The van der Waals surface area contributed by atoms with Crippen LogP contribution in [0.5, 0.6) is 0 Å². The topological polar surface area (TPSA) is 44.1 Å². The summed E-state index contributed by atoms with van der Waals surface area (Å²) in [5.41, 5.74) is 3.90. The average Bonchev–Trinajstić information content (AvgIpc) is 2.95. The maximum atomic E-state index is 11.7. The van der Waals surface area contributed by atoms with Gasteiger partial charge >= 0.3 is 5.97 Å². The predicted molar refractivity (Wildman–Crippen MR) is 91.1 cm³/mol. The van der Waals surface area contributed by atoms with E-state index in [1.165, 1.54) is 0 Å². The lowest BCUT2D eigenvalue weighted by molar-refractivity contribution is -0.137. The minimum Gasteiger partial charge on any atom is -0.463 e. The smallest absolute Gasteiger partial charge is 0.331 e. The van der Waals surface area contributed by atoms with Crippen molar-refractivity contribution in [3.05, 3.63) is 51.8 Å². The van der Waals surface area contributed by atoms with Gasteiger partial charge in [-0.15, -0.1) is 0 Å². The highest BCUT2D eigenvalue weighted by molar-refractivity contribution is 6.42. The van der Waals surface area contributed by atoms with Crippen LogP contribution in [-0.2, 0) is 16.0 Å². The number of rotatable bonds is 3. The molecule has 0 atom stereocenters. The normalized spacial score (nSPS) is 15.5. The highest BCUT2D eigenvalue weighted by Gasteiger charge is 2.21. The van der Waals surface area contributed by atoms with Crippen LogP contribution < -0.4 is 0 Å². The fourth-order valence-electron chi connectivity index (χ4n) is 2.78. The molecule has 0 bridgehead atoms. The third-order valence-electron chi connectivity index (χ3n) is 3.80. The van der Waals surface area contributed by atoms with E-state index in [4.69, 9.17) is 27.9 Å². The first-order chi connectivity index (χ1) is 11.1. The number of allylic oxidation sites excluding steroid dienone is 1. The first-order valence-corrected chi connectivity index (χ1v) is 8.25. The Labute approximate surface area is 144 Å². The molecule has 4 nitrogen and oxygen atoms in total. The first kappa shape index (κ1) is 16.1. The van der Waals surface area contributed by atoms with Crippen LogP contribution in [0.15, 0.2) is 30.5 Å². The van der Waals surface area contributed by atoms with Gasteiger partial charge in [-0.3, -0.25) is 0 Å². The summed E-state index contributed by atoms with van der Waals surface area (Å²) < 4.78 is 6.86. The number of carbonyl (C=O) groups is 1. The van der Waals surface area contributed by atoms with E-state index in [0.717, 1.165) is 41.8 Å². The molecule has 0 saturated heterocycles. The Morgan fingerprint density at radius 1 is 1.35 bits per heavy atom. The molecule has 0 radical (unpaired) electrons. The largest absolute Gasteiger partial charge is 0.463 e. The molecule has 23 heavy (non-hydrogen) atoms. The molecule has 0 aliphatic heterocycles. The maximum Gasteiger partial charge on any atom is 0.331 e. The van der Waals surface area contributed by atoms with Crippen LogP contribution in [0.3, 0.4) is 0 Å². The van der Waals surface area contributed by atoms with Crippen LogP contribution in [0.25, 0.3) is 11.3 Å². The monoisotopic (exact) mass is 350 g/mol. The van der Waals surface area contributed by atoms with E-state index in [2.05, 4.69) is 5.10 Å². The van der Waals surface area contributed by atoms with Crippen LogP contribution in [-0.4, -0.2) is 22.4 Å². The summed E-state index contributed by atoms with van der Waals surface area (Å²) in [5.74, 6) is -0.308. The Morgan fingerprint density at radius 3 is 2.91 bits per heavy atom. The molecular formula is C17H16Cl2N2O2. The van der Waals surface area contributed by atoms with Gasteiger partial charge in [0.2, 0.25) is 0 Å². The molecule has 6 heteroatoms. The fraction of sp³-hybridized carbons (Fsp3) is 0.294. The molecule has 0 N–H and O–H groups in total. The van der Waals surface area contributed by atoms with Gasteiger partial charge < -0.3 is 4.74 Å². The zero-order valence-electron chi connectivity index (χ0n) is 12.7. The van der Waals surface area contributed by atoms with Crippen LogP contribution in [0.4, 0.5) is 0 Å². The van der Waals surface area contributed by atoms with Gasteiger partial charge in [0.15, 0.2) is 0 Å². The second-order valence-corrected chi connectivity index (χ2v) is 6.10. The Hall–Kier alpha value is -1.78. The summed E-state index contributed by atoms with van der Waals surface area (Å²) in [6.45, 7) is 2.17. The van der Waals surface area contributed by atoms with Gasteiger partial charge in [0.1, 0.15) is 0 Å². The second kappa shape index (κ2) is 6.77. The van der Waals surface area contributed by atoms with Crippen molar-refractivity contribution in [1.29, 1.82) is 0 Å². The van der Waals surface area contributed by atoms with Crippen molar-refractivity contribution in [2.45, 2.75) is 26.2 Å². The van der Waals surface area contributed by atoms with E-state index in [1.54, 1.807) is 31.3 Å². The number of aromatic nitrogens is 2. The molecule has 1 aromatic heterocycles. The molecule has 2 aromatic rings. The molecular weight excluding hydrogens is 335 g/mol. The van der Waals surface area contributed by atoms with Crippen molar-refractivity contribution >= 4 is 34.7 Å². The lowest BCUT2D eigenvalue weighted by atomic mass is 9.92. The zero-order chi connectivity index (χ0) is 16.4. The van der Waals surface area contributed by atoms with Crippen molar-refractivity contribution in [2.24, 2.45) is 0 Å². The molecule has 1 aliphatic carbocycles. The molecule has 3 rings (SSSR count). The van der Waals surface area contributed by atoms with Crippen molar-refractivity contribution in [2.75, 3.05) is 6.61 Å². The zero-order valence-corrected chi connectivity index (χ0v) is 14.2. The van der Waals surface area contributed by atoms with E-state index < -0.39 is 0 Å². The van der Waals surface area contributed by atoms with Crippen molar-refractivity contribution < 1.29 is 9.53 Å². The third kappa shape index (κ3) is 3.28. The fourth-order valence-corrected chi connectivity index (χ4v) is 3.07. The number of fused-ring (bicyclic) bond motifs is 1. The maximum absolute atomic E-state index is 11.7. The van der Waals surface area contributed by atoms with E-state index >= 15 is 0 Å². The molecule has 0 saturated carbocycles. The van der Waals surface area contributed by atoms with Gasteiger partial charge in [-0.25, -0.2) is 9.48 Å². The SMILES string of the molecule is CCOC(=O)/C=C1\CCCc2c1cnn2-c1ccc(Cl)c(Cl)c1. The lowest BCUT2D eigenvalue weighted by Gasteiger charge is -2.17. The Bertz CT molecular complexity index is 781. The van der Waals surface area contributed by atoms with Crippen LogP contribution in [0.1, 0.15) is 31.0 Å². The van der Waals surface area contributed by atoms with Gasteiger partial charge in [0, 0.05) is 11.6 Å². The van der Waals surface area contributed by atoms with Gasteiger partial charge in [-0.2, -0.15) is 5.10 Å². The Kier molecular flexibility index (Phi) is 4.74. The number of ether oxygens (including phenoxy) is 1. The van der Waals surface area contributed by atoms with Crippen LogP contribution in [0.2, 0.25) is 10.0 Å². The third-order valence-corrected chi connectivity index (χ3v) is 4.54. The number of nitrogens with zero attached hydrogens (tertiary/aromatic N) is 2. The van der Waals surface area contributed by atoms with Gasteiger partial charge in [-0.05, 0) is 50.0 Å². The van der Waals surface area contributed by atoms with E-state index in [9.17, 15) is 4.79 Å². The summed E-state index contributed by atoms with van der Waals surface area (Å²) in [4.78, 5) is 11.7. The summed E-state index contributed by atoms with van der Waals surface area (Å²) in [6, 6.07) is 5.43. The molecule has 1 heterocycles. The standard InChI is InChI=1S/C17H16Cl2N2O2/c1-2-23-17(22)8-11-4-3-5-16-13(11)10-20-21(16)12-6-7-14(18)15(19)9-12/h6-10H,2-5H2,1H3/b11-8+. The van der Waals surface area contributed by atoms with Gasteiger partial charge in [0.05, 0.1) is 34.2 Å². The highest BCUT2D eigenvalue weighted by atomic mass is 35.5. The molecule has 1 aromatic carbocycles. The molecule has 0 fully saturated rings. The minimum atomic E-state index is -0.308. The summed E-state index contributed by atoms with van der Waals surface area (Å²) in [6.07, 6.45) is 6.07. The number of hydrogen-bond donors (Lipinski definition) is 0. The summed E-state index contributed by atoms with van der Waals surface area (Å²) in [7, 11) is 0. The Balaban J connectivity index is 2.00. The number of hydrogen-bond acceptors (Lipinski definition) is 3. The molecule has 120 valence electrons. The average molecular weight is 351 g/mol. The van der Waals surface area contributed by atoms with Crippen molar-refractivity contribution in [3.63, 3.8) is 0 Å². The van der Waals surface area contributed by atoms with Crippen LogP contribution >= 0.6 is 23.2 Å². The highest BCUT2D eigenvalue weighted by Crippen LogP contribution is 2.33. The first-order valence-electron chi connectivity index (χ1n) is 7.50. The number of carbonyl (C=O) groups excluding carboxylic acids is 1. The lowest BCUT2D eigenvalue weighted by Crippen LogP contribution is -2.09. The number of halogens is 2. The number of esters is 1. The molecule has 0 amide bonds. The van der Waals surface area contributed by atoms with Gasteiger partial charge in [-0.1, -0.05) is 23.2 Å². The minimum absolute atomic E-state index is 0.308. The molecule has 0 unspecified atom stereocenters. The predicted octanol–water partition coefficient (Wildman–Crippen LogP) is 4.46. The van der Waals surface area contributed by atoms with Crippen molar-refractivity contribution in [3.8, 4) is 5.69 Å². The number of benzene rings is 1. The second-order valence-electron chi connectivity index (χ2n) is 5.29.